The standard InChI is InChI=1S/C13H21N3OS/c1-3-11-9(2)18-13(15-11)16-12(17)5-4-10-6-7-14-8-10/h10,14H,3-8H2,1-2H3,(H,15,16,17). The molecule has 1 aromatic heterocycles. The van der Waals surface area contributed by atoms with Crippen LogP contribution >= 0.6 is 11.3 Å². The van der Waals surface area contributed by atoms with E-state index in [9.17, 15) is 4.79 Å². The molecule has 1 aliphatic rings. The van der Waals surface area contributed by atoms with Gasteiger partial charge < -0.3 is 10.6 Å². The predicted octanol–water partition coefficient (Wildman–Crippen LogP) is 2.34. The van der Waals surface area contributed by atoms with Crippen LogP contribution in [0.2, 0.25) is 0 Å². The maximum atomic E-state index is 11.8. The largest absolute Gasteiger partial charge is 0.316 e. The van der Waals surface area contributed by atoms with E-state index >= 15 is 0 Å². The minimum absolute atomic E-state index is 0.0957. The Morgan fingerprint density at radius 2 is 2.44 bits per heavy atom. The van der Waals surface area contributed by atoms with Crippen LogP contribution in [0.4, 0.5) is 5.13 Å². The molecule has 0 spiro atoms. The first-order chi connectivity index (χ1) is 8.69. The summed E-state index contributed by atoms with van der Waals surface area (Å²) in [6, 6.07) is 0. The molecule has 0 bridgehead atoms. The number of amides is 1. The van der Waals surface area contributed by atoms with Crippen molar-refractivity contribution in [2.24, 2.45) is 5.92 Å². The van der Waals surface area contributed by atoms with Crippen molar-refractivity contribution in [3.05, 3.63) is 10.6 Å². The molecule has 100 valence electrons. The Kier molecular flexibility index (Phi) is 4.72. The first-order valence-corrected chi connectivity index (χ1v) is 7.47. The molecule has 1 saturated heterocycles. The third-order valence-corrected chi connectivity index (χ3v) is 4.34. The summed E-state index contributed by atoms with van der Waals surface area (Å²) in [4.78, 5) is 17.4. The summed E-state index contributed by atoms with van der Waals surface area (Å²) in [7, 11) is 0. The number of aryl methyl sites for hydroxylation is 2. The van der Waals surface area contributed by atoms with Gasteiger partial charge in [-0.3, -0.25) is 4.79 Å². The first-order valence-electron chi connectivity index (χ1n) is 6.66. The first kappa shape index (κ1) is 13.5. The fourth-order valence-corrected chi connectivity index (χ4v) is 3.21. The van der Waals surface area contributed by atoms with Crippen molar-refractivity contribution in [3.63, 3.8) is 0 Å². The van der Waals surface area contributed by atoms with Crippen LogP contribution in [0.5, 0.6) is 0 Å². The fourth-order valence-electron chi connectivity index (χ4n) is 2.29. The van der Waals surface area contributed by atoms with Gasteiger partial charge in [0.2, 0.25) is 5.91 Å². The topological polar surface area (TPSA) is 54.0 Å². The normalized spacial score (nSPS) is 19.1. The number of aromatic nitrogens is 1. The zero-order valence-corrected chi connectivity index (χ0v) is 11.9. The van der Waals surface area contributed by atoms with Crippen molar-refractivity contribution in [2.75, 3.05) is 18.4 Å². The highest BCUT2D eigenvalue weighted by molar-refractivity contribution is 7.15. The van der Waals surface area contributed by atoms with Crippen molar-refractivity contribution in [2.45, 2.75) is 39.5 Å². The predicted molar refractivity (Wildman–Crippen MR) is 75.1 cm³/mol. The summed E-state index contributed by atoms with van der Waals surface area (Å²) in [5.74, 6) is 0.762. The van der Waals surface area contributed by atoms with E-state index in [-0.39, 0.29) is 5.91 Å². The van der Waals surface area contributed by atoms with E-state index in [1.165, 1.54) is 11.3 Å². The van der Waals surface area contributed by atoms with Gasteiger partial charge in [0.15, 0.2) is 5.13 Å². The number of carbonyl (C=O) groups is 1. The van der Waals surface area contributed by atoms with Gasteiger partial charge >= 0.3 is 0 Å². The molecular weight excluding hydrogens is 246 g/mol. The number of anilines is 1. The van der Waals surface area contributed by atoms with Crippen molar-refractivity contribution >= 4 is 22.4 Å². The molecule has 4 nitrogen and oxygen atoms in total. The molecule has 0 saturated carbocycles. The molecular formula is C13H21N3OS. The van der Waals surface area contributed by atoms with E-state index in [4.69, 9.17) is 0 Å². The Morgan fingerprint density at radius 1 is 1.61 bits per heavy atom. The van der Waals surface area contributed by atoms with Crippen molar-refractivity contribution in [1.29, 1.82) is 0 Å². The van der Waals surface area contributed by atoms with E-state index < -0.39 is 0 Å². The SMILES string of the molecule is CCc1nc(NC(=O)CCC2CCNC2)sc1C. The molecule has 1 amide bonds. The summed E-state index contributed by atoms with van der Waals surface area (Å²) in [6.45, 7) is 6.29. The van der Waals surface area contributed by atoms with E-state index in [1.54, 1.807) is 11.3 Å². The lowest BCUT2D eigenvalue weighted by molar-refractivity contribution is -0.116. The van der Waals surface area contributed by atoms with Gasteiger partial charge in [0.1, 0.15) is 0 Å². The van der Waals surface area contributed by atoms with E-state index in [0.717, 1.165) is 36.8 Å². The minimum Gasteiger partial charge on any atom is -0.316 e. The fraction of sp³-hybridized carbons (Fsp3) is 0.692. The molecule has 1 fully saturated rings. The average Bonchev–Trinajstić information content (AvgIpc) is 2.96. The Bertz CT molecular complexity index is 410. The molecule has 0 aliphatic carbocycles. The quantitative estimate of drug-likeness (QED) is 0.861. The highest BCUT2D eigenvalue weighted by Gasteiger charge is 2.16. The lowest BCUT2D eigenvalue weighted by atomic mass is 10.0. The second-order valence-corrected chi connectivity index (χ2v) is 6.02. The lowest BCUT2D eigenvalue weighted by Gasteiger charge is -2.06. The Hall–Kier alpha value is -0.940. The highest BCUT2D eigenvalue weighted by atomic mass is 32.1. The van der Waals surface area contributed by atoms with Crippen LogP contribution in [0.25, 0.3) is 0 Å². The van der Waals surface area contributed by atoms with E-state index in [1.807, 2.05) is 0 Å². The molecule has 5 heteroatoms. The monoisotopic (exact) mass is 267 g/mol. The Morgan fingerprint density at radius 3 is 3.06 bits per heavy atom. The minimum atomic E-state index is 0.0957. The Labute approximate surface area is 112 Å². The van der Waals surface area contributed by atoms with Crippen LogP contribution < -0.4 is 10.6 Å². The van der Waals surface area contributed by atoms with Gasteiger partial charge in [0.05, 0.1) is 5.69 Å². The van der Waals surface area contributed by atoms with Crippen molar-refractivity contribution in [3.8, 4) is 0 Å². The summed E-state index contributed by atoms with van der Waals surface area (Å²) in [5.41, 5.74) is 1.09. The zero-order valence-electron chi connectivity index (χ0n) is 11.1. The van der Waals surface area contributed by atoms with E-state index in [0.29, 0.717) is 12.3 Å². The molecule has 18 heavy (non-hydrogen) atoms. The number of nitrogens with zero attached hydrogens (tertiary/aromatic N) is 1. The van der Waals surface area contributed by atoms with Crippen LogP contribution in [0, 0.1) is 12.8 Å². The number of carbonyl (C=O) groups excluding carboxylic acids is 1. The van der Waals surface area contributed by atoms with Gasteiger partial charge in [-0.15, -0.1) is 11.3 Å². The second kappa shape index (κ2) is 6.29. The third kappa shape index (κ3) is 3.53. The van der Waals surface area contributed by atoms with Crippen LogP contribution in [-0.4, -0.2) is 24.0 Å². The van der Waals surface area contributed by atoms with Gasteiger partial charge in [-0.1, -0.05) is 6.92 Å². The van der Waals surface area contributed by atoms with Gasteiger partial charge in [0.25, 0.3) is 0 Å². The molecule has 1 aromatic rings. The molecule has 1 unspecified atom stereocenters. The van der Waals surface area contributed by atoms with Crippen LogP contribution in [0.1, 0.15) is 36.8 Å². The zero-order chi connectivity index (χ0) is 13.0. The highest BCUT2D eigenvalue weighted by Crippen LogP contribution is 2.23. The summed E-state index contributed by atoms with van der Waals surface area (Å²) in [5, 5.41) is 6.98. The average molecular weight is 267 g/mol. The molecule has 2 rings (SSSR count). The smallest absolute Gasteiger partial charge is 0.226 e. The van der Waals surface area contributed by atoms with Crippen LogP contribution in [-0.2, 0) is 11.2 Å². The van der Waals surface area contributed by atoms with Crippen LogP contribution in [0.3, 0.4) is 0 Å². The summed E-state index contributed by atoms with van der Waals surface area (Å²) < 4.78 is 0. The summed E-state index contributed by atoms with van der Waals surface area (Å²) >= 11 is 1.57. The molecule has 2 N–H and O–H groups in total. The van der Waals surface area contributed by atoms with Crippen LogP contribution in [0.15, 0.2) is 0 Å². The lowest BCUT2D eigenvalue weighted by Crippen LogP contribution is -2.14. The maximum absolute atomic E-state index is 11.8. The number of thiazole rings is 1. The van der Waals surface area contributed by atoms with Gasteiger partial charge in [-0.25, -0.2) is 4.98 Å². The molecule has 2 heterocycles. The molecule has 1 atom stereocenters. The number of rotatable bonds is 5. The molecule has 1 aliphatic heterocycles. The summed E-state index contributed by atoms with van der Waals surface area (Å²) in [6.07, 6.45) is 3.70. The maximum Gasteiger partial charge on any atom is 0.226 e. The molecule has 0 radical (unpaired) electrons. The Balaban J connectivity index is 1.79. The van der Waals surface area contributed by atoms with Gasteiger partial charge in [-0.2, -0.15) is 0 Å². The third-order valence-electron chi connectivity index (χ3n) is 3.42. The van der Waals surface area contributed by atoms with Gasteiger partial charge in [-0.05, 0) is 45.2 Å². The van der Waals surface area contributed by atoms with Crippen molar-refractivity contribution in [1.82, 2.24) is 10.3 Å². The number of hydrogen-bond acceptors (Lipinski definition) is 4. The second-order valence-electron chi connectivity index (χ2n) is 4.82. The number of nitrogens with one attached hydrogen (secondary N) is 2. The van der Waals surface area contributed by atoms with Crippen molar-refractivity contribution < 1.29 is 4.79 Å². The van der Waals surface area contributed by atoms with E-state index in [2.05, 4.69) is 29.5 Å². The van der Waals surface area contributed by atoms with Gasteiger partial charge in [0, 0.05) is 11.3 Å². The molecule has 0 aromatic carbocycles. The number of hydrogen-bond donors (Lipinski definition) is 2.